The molecule has 0 saturated heterocycles. The third-order valence-corrected chi connectivity index (χ3v) is 4.91. The first-order valence-electron chi connectivity index (χ1n) is 7.88. The van der Waals surface area contributed by atoms with Crippen molar-refractivity contribution in [2.45, 2.75) is 0 Å². The first kappa shape index (κ1) is 15.4. The van der Waals surface area contributed by atoms with Crippen LogP contribution in [0.3, 0.4) is 0 Å². The van der Waals surface area contributed by atoms with Gasteiger partial charge in [-0.25, -0.2) is 4.98 Å². The lowest BCUT2D eigenvalue weighted by atomic mass is 10.1. The van der Waals surface area contributed by atoms with E-state index in [2.05, 4.69) is 16.0 Å². The van der Waals surface area contributed by atoms with Gasteiger partial charge in [0.1, 0.15) is 5.01 Å². The summed E-state index contributed by atoms with van der Waals surface area (Å²) >= 11 is 1.66. The number of rotatable bonds is 4. The number of hydrogen-bond acceptors (Lipinski definition) is 4. The maximum absolute atomic E-state index is 12.3. The molecule has 0 bridgehead atoms. The lowest BCUT2D eigenvalue weighted by Crippen LogP contribution is -1.93. The molecule has 0 amide bonds. The number of allylic oxidation sites excluding steroid dienone is 1. The van der Waals surface area contributed by atoms with Crippen LogP contribution in [0, 0.1) is 0 Å². The molecule has 0 aliphatic carbocycles. The van der Waals surface area contributed by atoms with E-state index in [1.54, 1.807) is 35.9 Å². The van der Waals surface area contributed by atoms with Crippen molar-refractivity contribution in [1.29, 1.82) is 0 Å². The topological polar surface area (TPSA) is 42.9 Å². The lowest BCUT2D eigenvalue weighted by molar-refractivity contribution is 0.104. The molecule has 3 nitrogen and oxygen atoms in total. The molecule has 0 aliphatic rings. The average Bonchev–Trinajstić information content (AvgIpc) is 3.11. The van der Waals surface area contributed by atoms with E-state index in [9.17, 15) is 4.79 Å². The van der Waals surface area contributed by atoms with Crippen LogP contribution in [0.5, 0.6) is 0 Å². The van der Waals surface area contributed by atoms with Crippen molar-refractivity contribution < 1.29 is 4.79 Å². The molecule has 0 aliphatic heterocycles. The summed E-state index contributed by atoms with van der Waals surface area (Å²) in [5, 5.41) is 0.964. The van der Waals surface area contributed by atoms with Crippen LogP contribution < -0.4 is 0 Å². The van der Waals surface area contributed by atoms with Crippen molar-refractivity contribution in [3.05, 3.63) is 90.3 Å². The molecule has 120 valence electrons. The normalized spacial score (nSPS) is 11.2. The Balaban J connectivity index is 1.55. The number of pyridine rings is 1. The molecule has 25 heavy (non-hydrogen) atoms. The summed E-state index contributed by atoms with van der Waals surface area (Å²) in [4.78, 5) is 21.0. The smallest absolute Gasteiger partial charge is 0.185 e. The van der Waals surface area contributed by atoms with E-state index in [-0.39, 0.29) is 5.78 Å². The van der Waals surface area contributed by atoms with Gasteiger partial charge in [0, 0.05) is 23.5 Å². The second-order valence-corrected chi connectivity index (χ2v) is 6.58. The highest BCUT2D eigenvalue weighted by Crippen LogP contribution is 2.30. The summed E-state index contributed by atoms with van der Waals surface area (Å²) in [5.41, 5.74) is 3.59. The van der Waals surface area contributed by atoms with Crippen molar-refractivity contribution in [3.8, 4) is 10.6 Å². The van der Waals surface area contributed by atoms with Crippen molar-refractivity contribution >= 4 is 33.4 Å². The Morgan fingerprint density at radius 1 is 0.960 bits per heavy atom. The van der Waals surface area contributed by atoms with Crippen molar-refractivity contribution in [2.75, 3.05) is 0 Å². The molecule has 0 radical (unpaired) electrons. The fraction of sp³-hybridized carbons (Fsp3) is 0. The van der Waals surface area contributed by atoms with Gasteiger partial charge in [-0.3, -0.25) is 9.78 Å². The van der Waals surface area contributed by atoms with Crippen molar-refractivity contribution in [2.24, 2.45) is 0 Å². The van der Waals surface area contributed by atoms with Gasteiger partial charge in [-0.2, -0.15) is 0 Å². The van der Waals surface area contributed by atoms with E-state index in [0.717, 1.165) is 26.4 Å². The Labute approximate surface area is 149 Å². The predicted molar refractivity (Wildman–Crippen MR) is 103 cm³/mol. The van der Waals surface area contributed by atoms with Gasteiger partial charge in [0.25, 0.3) is 0 Å². The van der Waals surface area contributed by atoms with Crippen LogP contribution in [0.25, 0.3) is 26.9 Å². The van der Waals surface area contributed by atoms with Gasteiger partial charge in [-0.15, -0.1) is 11.3 Å². The second-order valence-electron chi connectivity index (χ2n) is 5.55. The second kappa shape index (κ2) is 6.79. The number of para-hydroxylation sites is 1. The maximum atomic E-state index is 12.3. The standard InChI is InChI=1S/C21H14N2OS/c24-19(12-7-15-4-3-13-22-14-15)16-8-10-17(11-9-16)21-23-18-5-1-2-6-20(18)25-21/h1-14H. The van der Waals surface area contributed by atoms with Crippen LogP contribution in [-0.4, -0.2) is 15.8 Å². The number of aromatic nitrogens is 2. The minimum Gasteiger partial charge on any atom is -0.289 e. The van der Waals surface area contributed by atoms with Crippen molar-refractivity contribution in [3.63, 3.8) is 0 Å². The van der Waals surface area contributed by atoms with Crippen LogP contribution in [-0.2, 0) is 0 Å². The number of benzene rings is 2. The zero-order valence-corrected chi connectivity index (χ0v) is 14.1. The quantitative estimate of drug-likeness (QED) is 0.375. The van der Waals surface area contributed by atoms with Gasteiger partial charge in [0.05, 0.1) is 10.2 Å². The minimum absolute atomic E-state index is 0.0281. The molecule has 0 fully saturated rings. The molecular formula is C21H14N2OS. The molecule has 2 aromatic carbocycles. The number of thiazole rings is 1. The van der Waals surface area contributed by atoms with Crippen LogP contribution in [0.15, 0.2) is 79.1 Å². The Morgan fingerprint density at radius 3 is 2.56 bits per heavy atom. The molecule has 0 spiro atoms. The Kier molecular flexibility index (Phi) is 4.19. The Bertz CT molecular complexity index is 1020. The van der Waals surface area contributed by atoms with Gasteiger partial charge < -0.3 is 0 Å². The number of hydrogen-bond donors (Lipinski definition) is 0. The summed E-state index contributed by atoms with van der Waals surface area (Å²) in [6.07, 6.45) is 6.78. The molecule has 4 aromatic rings. The molecule has 4 heteroatoms. The van der Waals surface area contributed by atoms with Crippen LogP contribution in [0.1, 0.15) is 15.9 Å². The zero-order chi connectivity index (χ0) is 17.1. The Morgan fingerprint density at radius 2 is 1.80 bits per heavy atom. The average molecular weight is 342 g/mol. The number of carbonyl (C=O) groups is 1. The van der Waals surface area contributed by atoms with Gasteiger partial charge in [-0.1, -0.05) is 42.5 Å². The monoisotopic (exact) mass is 342 g/mol. The number of nitrogens with zero attached hydrogens (tertiary/aromatic N) is 2. The molecule has 0 unspecified atom stereocenters. The van der Waals surface area contributed by atoms with E-state index in [4.69, 9.17) is 0 Å². The largest absolute Gasteiger partial charge is 0.289 e. The highest BCUT2D eigenvalue weighted by atomic mass is 32.1. The molecule has 0 N–H and O–H groups in total. The van der Waals surface area contributed by atoms with Gasteiger partial charge in [0.15, 0.2) is 5.78 Å². The first-order chi connectivity index (χ1) is 12.3. The first-order valence-corrected chi connectivity index (χ1v) is 8.70. The van der Waals surface area contributed by atoms with Gasteiger partial charge in [0.2, 0.25) is 0 Å². The van der Waals surface area contributed by atoms with Crippen LogP contribution >= 0.6 is 11.3 Å². The lowest BCUT2D eigenvalue weighted by Gasteiger charge is -1.99. The highest BCUT2D eigenvalue weighted by Gasteiger charge is 2.07. The number of ketones is 1. The number of carbonyl (C=O) groups excluding carboxylic acids is 1. The zero-order valence-electron chi connectivity index (χ0n) is 13.3. The van der Waals surface area contributed by atoms with Crippen LogP contribution in [0.2, 0.25) is 0 Å². The fourth-order valence-corrected chi connectivity index (χ4v) is 3.49. The highest BCUT2D eigenvalue weighted by molar-refractivity contribution is 7.21. The molecular weight excluding hydrogens is 328 g/mol. The summed E-state index contributed by atoms with van der Waals surface area (Å²) in [7, 11) is 0. The third-order valence-electron chi connectivity index (χ3n) is 3.82. The molecule has 4 rings (SSSR count). The predicted octanol–water partition coefficient (Wildman–Crippen LogP) is 5.25. The van der Waals surface area contributed by atoms with Gasteiger partial charge in [-0.05, 0) is 35.9 Å². The van der Waals surface area contributed by atoms with Crippen molar-refractivity contribution in [1.82, 2.24) is 9.97 Å². The summed E-state index contributed by atoms with van der Waals surface area (Å²) < 4.78 is 1.16. The van der Waals surface area contributed by atoms with E-state index in [0.29, 0.717) is 5.56 Å². The summed E-state index contributed by atoms with van der Waals surface area (Å²) in [6, 6.07) is 19.4. The minimum atomic E-state index is -0.0281. The SMILES string of the molecule is O=C(C=Cc1cccnc1)c1ccc(-c2nc3ccccc3s2)cc1. The molecule has 0 saturated carbocycles. The van der Waals surface area contributed by atoms with E-state index < -0.39 is 0 Å². The Hall–Kier alpha value is -3.11. The molecule has 0 atom stereocenters. The van der Waals surface area contributed by atoms with Crippen LogP contribution in [0.4, 0.5) is 0 Å². The van der Waals surface area contributed by atoms with E-state index in [1.165, 1.54) is 0 Å². The summed E-state index contributed by atoms with van der Waals surface area (Å²) in [6.45, 7) is 0. The van der Waals surface area contributed by atoms with Gasteiger partial charge >= 0.3 is 0 Å². The molecule has 2 aromatic heterocycles. The van der Waals surface area contributed by atoms with E-state index >= 15 is 0 Å². The van der Waals surface area contributed by atoms with E-state index in [1.807, 2.05) is 54.6 Å². The summed E-state index contributed by atoms with van der Waals surface area (Å²) in [5.74, 6) is -0.0281. The number of fused-ring (bicyclic) bond motifs is 1. The molecule has 2 heterocycles. The third kappa shape index (κ3) is 3.39. The fourth-order valence-electron chi connectivity index (χ4n) is 2.52. The maximum Gasteiger partial charge on any atom is 0.185 e.